The fourth-order valence-electron chi connectivity index (χ4n) is 4.14. The number of fused-ring (bicyclic) bond motifs is 2. The summed E-state index contributed by atoms with van der Waals surface area (Å²) < 4.78 is 10.4. The molecule has 0 saturated carbocycles. The first-order valence-corrected chi connectivity index (χ1v) is 10.2. The number of terminal acetylenes is 1. The molecule has 5 heteroatoms. The average Bonchev–Trinajstić information content (AvgIpc) is 3.21. The Hall–Kier alpha value is -3.78. The van der Waals surface area contributed by atoms with Crippen LogP contribution in [0, 0.1) is 12.3 Å². The molecule has 4 rings (SSSR count). The van der Waals surface area contributed by atoms with Crippen LogP contribution in [-0.4, -0.2) is 30.3 Å². The zero-order chi connectivity index (χ0) is 21.6. The molecule has 1 atom stereocenters. The van der Waals surface area contributed by atoms with E-state index in [9.17, 15) is 9.59 Å². The van der Waals surface area contributed by atoms with Gasteiger partial charge in [0.2, 0.25) is 6.79 Å². The highest BCUT2D eigenvalue weighted by Crippen LogP contribution is 2.35. The van der Waals surface area contributed by atoms with Gasteiger partial charge in [-0.15, -0.1) is 6.42 Å². The van der Waals surface area contributed by atoms with Gasteiger partial charge < -0.3 is 9.47 Å². The minimum Gasteiger partial charge on any atom is -0.428 e. The summed E-state index contributed by atoms with van der Waals surface area (Å²) in [6.07, 6.45) is 6.67. The number of carbonyl (C=O) groups is 2. The molecule has 0 heterocycles. The summed E-state index contributed by atoms with van der Waals surface area (Å²) in [5.41, 5.74) is 3.16. The van der Waals surface area contributed by atoms with Crippen molar-refractivity contribution in [1.29, 1.82) is 0 Å². The van der Waals surface area contributed by atoms with Gasteiger partial charge in [0.05, 0.1) is 19.0 Å². The van der Waals surface area contributed by atoms with E-state index in [2.05, 4.69) is 12.0 Å². The molecule has 3 aromatic carbocycles. The smallest absolute Gasteiger partial charge is 0.413 e. The molecular weight excluding hydrogens is 390 g/mol. The van der Waals surface area contributed by atoms with Crippen LogP contribution < -0.4 is 0 Å². The number of benzene rings is 3. The molecule has 1 amide bonds. The third-order valence-corrected chi connectivity index (χ3v) is 5.59. The number of rotatable bonds is 6. The summed E-state index contributed by atoms with van der Waals surface area (Å²) in [6.45, 7) is -0.320. The Bertz CT molecular complexity index is 1140. The van der Waals surface area contributed by atoms with Gasteiger partial charge in [-0.1, -0.05) is 72.7 Å². The molecule has 3 aromatic rings. The molecule has 0 spiro atoms. The van der Waals surface area contributed by atoms with Crippen molar-refractivity contribution >= 4 is 22.8 Å². The van der Waals surface area contributed by atoms with Crippen LogP contribution in [0.5, 0.6) is 0 Å². The van der Waals surface area contributed by atoms with E-state index in [1.54, 1.807) is 0 Å². The summed E-state index contributed by atoms with van der Waals surface area (Å²) in [5.74, 6) is 2.06. The van der Waals surface area contributed by atoms with Gasteiger partial charge in [-0.05, 0) is 40.3 Å². The van der Waals surface area contributed by atoms with Crippen molar-refractivity contribution in [3.05, 3.63) is 83.4 Å². The fourth-order valence-corrected chi connectivity index (χ4v) is 4.14. The summed E-state index contributed by atoms with van der Waals surface area (Å²) >= 11 is 0. The number of carbonyl (C=O) groups excluding carboxylic acids is 2. The average molecular weight is 413 g/mol. The molecule has 0 aliphatic heterocycles. The predicted octanol–water partition coefficient (Wildman–Crippen LogP) is 4.64. The molecule has 0 saturated heterocycles. The van der Waals surface area contributed by atoms with E-state index < -0.39 is 18.9 Å². The highest BCUT2D eigenvalue weighted by Gasteiger charge is 2.31. The van der Waals surface area contributed by atoms with Gasteiger partial charge in [0.1, 0.15) is 0 Å². The van der Waals surface area contributed by atoms with Crippen molar-refractivity contribution in [2.75, 3.05) is 13.3 Å². The Morgan fingerprint density at radius 2 is 1.77 bits per heavy atom. The lowest BCUT2D eigenvalue weighted by molar-refractivity contribution is -0.151. The molecule has 156 valence electrons. The number of nitrogens with zero attached hydrogens (tertiary/aromatic N) is 1. The SMILES string of the molecule is C#CCN(C(=O)OCOC(=O)Cc1cccc2ccccc12)[C@@H]1CCc2ccccc21. The Morgan fingerprint density at radius 1 is 1.00 bits per heavy atom. The zero-order valence-electron chi connectivity index (χ0n) is 17.1. The Morgan fingerprint density at radius 3 is 2.65 bits per heavy atom. The van der Waals surface area contributed by atoms with Crippen molar-refractivity contribution in [1.82, 2.24) is 4.90 Å². The van der Waals surface area contributed by atoms with E-state index >= 15 is 0 Å². The maximum Gasteiger partial charge on any atom is 0.413 e. The second kappa shape index (κ2) is 9.36. The Kier molecular flexibility index (Phi) is 6.18. The van der Waals surface area contributed by atoms with Gasteiger partial charge in [0.15, 0.2) is 0 Å². The minimum absolute atomic E-state index is 0.100. The fraction of sp³-hybridized carbons (Fsp3) is 0.231. The molecule has 0 N–H and O–H groups in total. The van der Waals surface area contributed by atoms with Crippen molar-refractivity contribution in [3.63, 3.8) is 0 Å². The monoisotopic (exact) mass is 413 g/mol. The van der Waals surface area contributed by atoms with Gasteiger partial charge >= 0.3 is 12.1 Å². The van der Waals surface area contributed by atoms with E-state index in [4.69, 9.17) is 15.9 Å². The lowest BCUT2D eigenvalue weighted by Gasteiger charge is -2.27. The molecule has 0 bridgehead atoms. The van der Waals surface area contributed by atoms with E-state index in [1.807, 2.05) is 60.7 Å². The minimum atomic E-state index is -0.586. The number of amides is 1. The van der Waals surface area contributed by atoms with Crippen LogP contribution in [0.3, 0.4) is 0 Å². The van der Waals surface area contributed by atoms with Crippen LogP contribution in [0.2, 0.25) is 0 Å². The Labute approximate surface area is 181 Å². The molecule has 0 fully saturated rings. The van der Waals surface area contributed by atoms with Gasteiger partial charge in [0.25, 0.3) is 0 Å². The largest absolute Gasteiger partial charge is 0.428 e. The lowest BCUT2D eigenvalue weighted by Crippen LogP contribution is -2.35. The number of hydrogen-bond acceptors (Lipinski definition) is 4. The number of ether oxygens (including phenoxy) is 2. The first kappa shape index (κ1) is 20.5. The van der Waals surface area contributed by atoms with E-state index in [1.165, 1.54) is 10.5 Å². The molecular formula is C26H23NO4. The van der Waals surface area contributed by atoms with Crippen molar-refractivity contribution in [3.8, 4) is 12.3 Å². The third kappa shape index (κ3) is 4.54. The molecule has 1 aliphatic rings. The predicted molar refractivity (Wildman–Crippen MR) is 118 cm³/mol. The standard InChI is InChI=1S/C26H23NO4/c1-2-16-27(24-15-14-20-9-4-6-13-23(20)24)26(29)31-18-30-25(28)17-21-11-7-10-19-8-3-5-12-22(19)21/h1,3-13,24H,14-18H2/t24-/m1/s1. The second-order valence-electron chi connectivity index (χ2n) is 7.44. The van der Waals surface area contributed by atoms with Crippen LogP contribution in [0.25, 0.3) is 10.8 Å². The number of hydrogen-bond donors (Lipinski definition) is 0. The van der Waals surface area contributed by atoms with Crippen LogP contribution in [0.4, 0.5) is 4.79 Å². The summed E-state index contributed by atoms with van der Waals surface area (Å²) in [7, 11) is 0. The first-order valence-electron chi connectivity index (χ1n) is 10.2. The summed E-state index contributed by atoms with van der Waals surface area (Å²) in [5, 5.41) is 2.06. The van der Waals surface area contributed by atoms with Crippen molar-refractivity contribution in [2.24, 2.45) is 0 Å². The van der Waals surface area contributed by atoms with Gasteiger partial charge in [-0.2, -0.15) is 0 Å². The quantitative estimate of drug-likeness (QED) is 0.336. The normalized spacial score (nSPS) is 14.5. The van der Waals surface area contributed by atoms with Crippen LogP contribution in [-0.2, 0) is 27.1 Å². The Balaban J connectivity index is 1.34. The van der Waals surface area contributed by atoms with Crippen molar-refractivity contribution < 1.29 is 19.1 Å². The van der Waals surface area contributed by atoms with E-state index in [0.29, 0.717) is 0 Å². The van der Waals surface area contributed by atoms with E-state index in [0.717, 1.165) is 34.7 Å². The topological polar surface area (TPSA) is 55.8 Å². The van der Waals surface area contributed by atoms with Gasteiger partial charge in [-0.25, -0.2) is 4.79 Å². The summed E-state index contributed by atoms with van der Waals surface area (Å²) in [4.78, 5) is 26.5. The van der Waals surface area contributed by atoms with Crippen molar-refractivity contribution in [2.45, 2.75) is 25.3 Å². The first-order chi connectivity index (χ1) is 15.2. The van der Waals surface area contributed by atoms with Crippen LogP contribution in [0.1, 0.15) is 29.2 Å². The third-order valence-electron chi connectivity index (χ3n) is 5.59. The maximum atomic E-state index is 12.7. The van der Waals surface area contributed by atoms with Gasteiger partial charge in [0, 0.05) is 0 Å². The molecule has 0 unspecified atom stereocenters. The summed E-state index contributed by atoms with van der Waals surface area (Å²) in [6, 6.07) is 21.5. The molecule has 1 aliphatic carbocycles. The molecule has 31 heavy (non-hydrogen) atoms. The van der Waals surface area contributed by atoms with Crippen LogP contribution >= 0.6 is 0 Å². The zero-order valence-corrected chi connectivity index (χ0v) is 17.1. The highest BCUT2D eigenvalue weighted by molar-refractivity contribution is 5.89. The van der Waals surface area contributed by atoms with Crippen LogP contribution in [0.15, 0.2) is 66.7 Å². The second-order valence-corrected chi connectivity index (χ2v) is 7.44. The molecule has 5 nitrogen and oxygen atoms in total. The maximum absolute atomic E-state index is 12.7. The molecule has 0 radical (unpaired) electrons. The van der Waals surface area contributed by atoms with Gasteiger partial charge in [-0.3, -0.25) is 9.69 Å². The lowest BCUT2D eigenvalue weighted by atomic mass is 10.0. The number of esters is 1. The molecule has 0 aromatic heterocycles. The highest BCUT2D eigenvalue weighted by atomic mass is 16.7. The van der Waals surface area contributed by atoms with E-state index in [-0.39, 0.29) is 19.0 Å². The number of aryl methyl sites for hydroxylation is 1.